The summed E-state index contributed by atoms with van der Waals surface area (Å²) in [6.45, 7) is 13.7. The molecule has 0 radical (unpaired) electrons. The average Bonchev–Trinajstić information content (AvgIpc) is 2.70. The minimum absolute atomic E-state index is 0.700. The van der Waals surface area contributed by atoms with Crippen LogP contribution in [0.2, 0.25) is 0 Å². The maximum absolute atomic E-state index is 5.45. The van der Waals surface area contributed by atoms with Crippen LogP contribution in [0.25, 0.3) is 0 Å². The molecule has 0 aliphatic carbocycles. The van der Waals surface area contributed by atoms with Crippen LogP contribution in [0.3, 0.4) is 0 Å². The Hall–Kier alpha value is -0.820. The zero-order valence-electron chi connectivity index (χ0n) is 13.3. The number of rotatable bonds is 9. The molecular weight excluding hydrogens is 264 g/mol. The molecule has 20 heavy (non-hydrogen) atoms. The predicted octanol–water partition coefficient (Wildman–Crippen LogP) is 3.65. The zero-order chi connectivity index (χ0) is 15.0. The van der Waals surface area contributed by atoms with Crippen LogP contribution in [0.15, 0.2) is 6.07 Å². The molecule has 112 valence electrons. The lowest BCUT2D eigenvalue weighted by atomic mass is 10.2. The number of thiophene rings is 1. The van der Waals surface area contributed by atoms with Gasteiger partial charge in [0.15, 0.2) is 0 Å². The first-order valence-electron chi connectivity index (χ1n) is 7.51. The van der Waals surface area contributed by atoms with Gasteiger partial charge in [-0.2, -0.15) is 0 Å². The molecular formula is C17H28N2S. The van der Waals surface area contributed by atoms with Gasteiger partial charge in [-0.3, -0.25) is 4.90 Å². The van der Waals surface area contributed by atoms with E-state index in [9.17, 15) is 0 Å². The first kappa shape index (κ1) is 17.2. The third-order valence-electron chi connectivity index (χ3n) is 3.17. The van der Waals surface area contributed by atoms with Gasteiger partial charge in [-0.25, -0.2) is 0 Å². The molecule has 1 N–H and O–H groups in total. The summed E-state index contributed by atoms with van der Waals surface area (Å²) in [6, 6.07) is 2.34. The molecule has 0 saturated heterocycles. The van der Waals surface area contributed by atoms with Crippen molar-refractivity contribution in [2.75, 3.05) is 19.6 Å². The molecule has 3 heteroatoms. The second kappa shape index (κ2) is 9.18. The predicted molar refractivity (Wildman–Crippen MR) is 90.0 cm³/mol. The number of nitrogens with zero attached hydrogens (tertiary/aromatic N) is 1. The normalized spacial score (nSPS) is 11.2. The van der Waals surface area contributed by atoms with E-state index >= 15 is 0 Å². The van der Waals surface area contributed by atoms with Crippen molar-refractivity contribution in [2.45, 2.75) is 47.2 Å². The van der Waals surface area contributed by atoms with Gasteiger partial charge < -0.3 is 5.32 Å². The van der Waals surface area contributed by atoms with Crippen molar-refractivity contribution in [1.29, 1.82) is 0 Å². The standard InChI is InChI=1S/C17H28N2S/c1-6-8-19(9-7-2)13-16-10-17(20-15(16)5)12-18-11-14(3)4/h1,10,14,18H,7-9,11-13H2,2-5H3. The van der Waals surface area contributed by atoms with Crippen molar-refractivity contribution in [2.24, 2.45) is 5.92 Å². The van der Waals surface area contributed by atoms with Gasteiger partial charge in [0.25, 0.3) is 0 Å². The Kier molecular flexibility index (Phi) is 7.91. The summed E-state index contributed by atoms with van der Waals surface area (Å²) in [7, 11) is 0. The lowest BCUT2D eigenvalue weighted by Crippen LogP contribution is -2.24. The van der Waals surface area contributed by atoms with E-state index in [4.69, 9.17) is 6.42 Å². The molecule has 1 aromatic rings. The minimum Gasteiger partial charge on any atom is -0.312 e. The highest BCUT2D eigenvalue weighted by Crippen LogP contribution is 2.23. The topological polar surface area (TPSA) is 15.3 Å². The van der Waals surface area contributed by atoms with Crippen LogP contribution in [0.5, 0.6) is 0 Å². The van der Waals surface area contributed by atoms with Crippen molar-refractivity contribution in [3.8, 4) is 12.3 Å². The quantitative estimate of drug-likeness (QED) is 0.699. The van der Waals surface area contributed by atoms with Gasteiger partial charge in [0.05, 0.1) is 6.54 Å². The Balaban J connectivity index is 2.57. The molecule has 0 fully saturated rings. The zero-order valence-corrected chi connectivity index (χ0v) is 14.1. The first-order chi connectivity index (χ1) is 9.56. The van der Waals surface area contributed by atoms with E-state index in [2.05, 4.69) is 49.9 Å². The van der Waals surface area contributed by atoms with Gasteiger partial charge in [0.2, 0.25) is 0 Å². The molecule has 0 amide bonds. The Morgan fingerprint density at radius 1 is 1.45 bits per heavy atom. The largest absolute Gasteiger partial charge is 0.312 e. The summed E-state index contributed by atoms with van der Waals surface area (Å²) < 4.78 is 0. The molecule has 0 aliphatic heterocycles. The Labute approximate surface area is 128 Å². The third kappa shape index (κ3) is 6.09. The molecule has 1 heterocycles. The molecule has 0 atom stereocenters. The fourth-order valence-electron chi connectivity index (χ4n) is 2.22. The van der Waals surface area contributed by atoms with Gasteiger partial charge in [0, 0.05) is 22.8 Å². The van der Waals surface area contributed by atoms with Gasteiger partial charge in [0.1, 0.15) is 0 Å². The van der Waals surface area contributed by atoms with Crippen LogP contribution in [-0.2, 0) is 13.1 Å². The fourth-order valence-corrected chi connectivity index (χ4v) is 3.24. The van der Waals surface area contributed by atoms with E-state index in [0.29, 0.717) is 5.92 Å². The summed E-state index contributed by atoms with van der Waals surface area (Å²) in [5, 5.41) is 3.51. The molecule has 0 aromatic carbocycles. The molecule has 0 unspecified atom stereocenters. The van der Waals surface area contributed by atoms with Crippen LogP contribution in [-0.4, -0.2) is 24.5 Å². The van der Waals surface area contributed by atoms with Crippen LogP contribution >= 0.6 is 11.3 Å². The lowest BCUT2D eigenvalue weighted by molar-refractivity contribution is 0.299. The summed E-state index contributed by atoms with van der Waals surface area (Å²) >= 11 is 1.90. The average molecular weight is 292 g/mol. The van der Waals surface area contributed by atoms with Gasteiger partial charge in [-0.15, -0.1) is 17.8 Å². The van der Waals surface area contributed by atoms with Crippen molar-refractivity contribution in [3.05, 3.63) is 21.4 Å². The number of terminal acetylenes is 1. The molecule has 0 spiro atoms. The summed E-state index contributed by atoms with van der Waals surface area (Å²) in [5.74, 6) is 3.46. The Morgan fingerprint density at radius 3 is 2.80 bits per heavy atom. The SMILES string of the molecule is C#CCN(CCC)Cc1cc(CNCC(C)C)sc1C. The van der Waals surface area contributed by atoms with Gasteiger partial charge in [-0.05, 0) is 44.0 Å². The van der Waals surface area contributed by atoms with E-state index < -0.39 is 0 Å². The molecule has 0 saturated carbocycles. The highest BCUT2D eigenvalue weighted by Gasteiger charge is 2.10. The molecule has 1 aromatic heterocycles. The maximum atomic E-state index is 5.45. The highest BCUT2D eigenvalue weighted by atomic mass is 32.1. The van der Waals surface area contributed by atoms with Gasteiger partial charge in [-0.1, -0.05) is 26.7 Å². The van der Waals surface area contributed by atoms with Crippen LogP contribution < -0.4 is 5.32 Å². The Morgan fingerprint density at radius 2 is 2.20 bits per heavy atom. The van der Waals surface area contributed by atoms with E-state index in [1.165, 1.54) is 15.3 Å². The van der Waals surface area contributed by atoms with E-state index in [1.54, 1.807) is 0 Å². The van der Waals surface area contributed by atoms with Crippen molar-refractivity contribution < 1.29 is 0 Å². The first-order valence-corrected chi connectivity index (χ1v) is 8.33. The fraction of sp³-hybridized carbons (Fsp3) is 0.647. The Bertz CT molecular complexity index is 429. The monoisotopic (exact) mass is 292 g/mol. The maximum Gasteiger partial charge on any atom is 0.0601 e. The molecule has 0 bridgehead atoms. The van der Waals surface area contributed by atoms with Crippen LogP contribution in [0.1, 0.15) is 42.5 Å². The number of hydrogen-bond acceptors (Lipinski definition) is 3. The molecule has 2 nitrogen and oxygen atoms in total. The smallest absolute Gasteiger partial charge is 0.0601 e. The molecule has 0 aliphatic rings. The second-order valence-electron chi connectivity index (χ2n) is 5.73. The van der Waals surface area contributed by atoms with E-state index in [-0.39, 0.29) is 0 Å². The minimum atomic E-state index is 0.700. The van der Waals surface area contributed by atoms with Gasteiger partial charge >= 0.3 is 0 Å². The van der Waals surface area contributed by atoms with Crippen molar-refractivity contribution in [3.63, 3.8) is 0 Å². The summed E-state index contributed by atoms with van der Waals surface area (Å²) in [4.78, 5) is 5.19. The van der Waals surface area contributed by atoms with Crippen LogP contribution in [0, 0.1) is 25.2 Å². The number of nitrogens with one attached hydrogen (secondary N) is 1. The van der Waals surface area contributed by atoms with E-state index in [0.717, 1.165) is 39.1 Å². The van der Waals surface area contributed by atoms with Crippen molar-refractivity contribution >= 4 is 11.3 Å². The highest BCUT2D eigenvalue weighted by molar-refractivity contribution is 7.12. The molecule has 1 rings (SSSR count). The van der Waals surface area contributed by atoms with Crippen LogP contribution in [0.4, 0.5) is 0 Å². The van der Waals surface area contributed by atoms with Crippen molar-refractivity contribution in [1.82, 2.24) is 10.2 Å². The summed E-state index contributed by atoms with van der Waals surface area (Å²) in [5.41, 5.74) is 1.43. The number of aryl methyl sites for hydroxylation is 1. The van der Waals surface area contributed by atoms with E-state index in [1.807, 2.05) is 11.3 Å². The number of hydrogen-bond donors (Lipinski definition) is 1. The summed E-state index contributed by atoms with van der Waals surface area (Å²) in [6.07, 6.45) is 6.60. The third-order valence-corrected chi connectivity index (χ3v) is 4.26. The second-order valence-corrected chi connectivity index (χ2v) is 7.07. The lowest BCUT2D eigenvalue weighted by Gasteiger charge is -2.18.